The number of esters is 2. The molecule has 0 unspecified atom stereocenters. The highest BCUT2D eigenvalue weighted by Gasteiger charge is 2.21. The monoisotopic (exact) mass is 525 g/mol. The zero-order chi connectivity index (χ0) is 26.7. The van der Waals surface area contributed by atoms with Crippen LogP contribution in [0.25, 0.3) is 21.6 Å². The topological polar surface area (TPSA) is 144 Å². The number of hydrogen-bond acceptors (Lipinski definition) is 9. The van der Waals surface area contributed by atoms with E-state index in [2.05, 4.69) is 10.3 Å². The van der Waals surface area contributed by atoms with Gasteiger partial charge in [-0.1, -0.05) is 30.3 Å². The molecule has 192 valence electrons. The number of thiophene rings is 1. The summed E-state index contributed by atoms with van der Waals surface area (Å²) in [7, 11) is 2.78. The van der Waals surface area contributed by atoms with Crippen molar-refractivity contribution in [2.24, 2.45) is 14.1 Å². The van der Waals surface area contributed by atoms with Crippen molar-refractivity contribution >= 4 is 46.0 Å². The Kier molecular flexibility index (Phi) is 7.34. The van der Waals surface area contributed by atoms with Gasteiger partial charge in [0.1, 0.15) is 11.4 Å². The molecule has 4 rings (SSSR count). The number of imidazole rings is 1. The Labute approximate surface area is 213 Å². The highest BCUT2D eigenvalue weighted by Crippen LogP contribution is 2.35. The van der Waals surface area contributed by atoms with E-state index in [9.17, 15) is 24.0 Å². The molecule has 37 heavy (non-hydrogen) atoms. The van der Waals surface area contributed by atoms with Crippen molar-refractivity contribution in [3.05, 3.63) is 68.4 Å². The summed E-state index contributed by atoms with van der Waals surface area (Å²) in [6.07, 6.45) is 1.24. The normalized spacial score (nSPS) is 10.9. The third-order valence-electron chi connectivity index (χ3n) is 5.41. The largest absolute Gasteiger partial charge is 0.462 e. The maximum atomic E-state index is 12.5. The number of carbonyl (C=O) groups is 3. The summed E-state index contributed by atoms with van der Waals surface area (Å²) < 4.78 is 13.5. The van der Waals surface area contributed by atoms with Crippen LogP contribution in [0.5, 0.6) is 0 Å². The maximum absolute atomic E-state index is 12.5. The Balaban J connectivity index is 1.46. The molecule has 0 spiro atoms. The Morgan fingerprint density at radius 2 is 1.78 bits per heavy atom. The van der Waals surface area contributed by atoms with E-state index >= 15 is 0 Å². The molecular weight excluding hydrogens is 502 g/mol. The Morgan fingerprint density at radius 3 is 2.49 bits per heavy atom. The predicted molar refractivity (Wildman–Crippen MR) is 136 cm³/mol. The van der Waals surface area contributed by atoms with Crippen molar-refractivity contribution < 1.29 is 23.9 Å². The number of anilines is 1. The lowest BCUT2D eigenvalue weighted by atomic mass is 10.2. The van der Waals surface area contributed by atoms with Crippen LogP contribution < -0.4 is 16.6 Å². The van der Waals surface area contributed by atoms with Crippen LogP contribution in [0, 0.1) is 0 Å². The smallest absolute Gasteiger partial charge is 0.350 e. The van der Waals surface area contributed by atoms with Gasteiger partial charge in [-0.25, -0.2) is 14.6 Å². The zero-order valence-corrected chi connectivity index (χ0v) is 21.0. The van der Waals surface area contributed by atoms with Gasteiger partial charge in [0.15, 0.2) is 17.8 Å². The molecule has 1 N–H and O–H groups in total. The summed E-state index contributed by atoms with van der Waals surface area (Å²) in [5, 5.41) is 2.60. The molecule has 4 aromatic rings. The van der Waals surface area contributed by atoms with E-state index in [1.807, 2.05) is 30.3 Å². The van der Waals surface area contributed by atoms with Crippen molar-refractivity contribution in [1.82, 2.24) is 18.7 Å². The summed E-state index contributed by atoms with van der Waals surface area (Å²) in [6, 6.07) is 11.0. The van der Waals surface area contributed by atoms with Gasteiger partial charge in [0.25, 0.3) is 11.5 Å². The molecule has 0 aliphatic heterocycles. The molecule has 13 heteroatoms. The first-order valence-corrected chi connectivity index (χ1v) is 12.0. The molecule has 0 saturated heterocycles. The fraction of sp³-hybridized carbons (Fsp3) is 0.250. The number of nitrogens with zero attached hydrogens (tertiary/aromatic N) is 4. The van der Waals surface area contributed by atoms with E-state index in [0.717, 1.165) is 15.0 Å². The van der Waals surface area contributed by atoms with Crippen LogP contribution in [-0.4, -0.2) is 49.7 Å². The average Bonchev–Trinajstić information content (AvgIpc) is 3.50. The quantitative estimate of drug-likeness (QED) is 0.341. The first-order valence-electron chi connectivity index (χ1n) is 11.1. The van der Waals surface area contributed by atoms with Gasteiger partial charge >= 0.3 is 17.6 Å². The van der Waals surface area contributed by atoms with Crippen molar-refractivity contribution in [3.63, 3.8) is 0 Å². The van der Waals surface area contributed by atoms with Crippen LogP contribution in [0.15, 0.2) is 52.3 Å². The lowest BCUT2D eigenvalue weighted by Crippen LogP contribution is -2.37. The summed E-state index contributed by atoms with van der Waals surface area (Å²) in [5.41, 5.74) is 0.121. The standard InChI is InChI=1S/C24H23N5O7S/c1-4-35-23(33)20-15(10-16(37-20)14-8-6-5-7-9-14)26-17(30)12-36-18(31)11-29-13-25-21-19(29)22(32)28(3)24(34)27(21)2/h5-10,13H,4,11-12H2,1-3H3,(H,26,30). The van der Waals surface area contributed by atoms with Crippen LogP contribution in [-0.2, 0) is 39.7 Å². The fourth-order valence-electron chi connectivity index (χ4n) is 3.61. The van der Waals surface area contributed by atoms with Crippen molar-refractivity contribution in [2.75, 3.05) is 18.5 Å². The summed E-state index contributed by atoms with van der Waals surface area (Å²) in [4.78, 5) is 67.0. The first-order chi connectivity index (χ1) is 17.7. The first kappa shape index (κ1) is 25.6. The zero-order valence-electron chi connectivity index (χ0n) is 20.2. The summed E-state index contributed by atoms with van der Waals surface area (Å²) >= 11 is 1.17. The molecule has 0 saturated carbocycles. The third-order valence-corrected chi connectivity index (χ3v) is 6.57. The van der Waals surface area contributed by atoms with E-state index in [0.29, 0.717) is 0 Å². The average molecular weight is 526 g/mol. The lowest BCUT2D eigenvalue weighted by Gasteiger charge is -2.08. The molecule has 0 radical (unpaired) electrons. The van der Waals surface area contributed by atoms with Crippen molar-refractivity contribution in [1.29, 1.82) is 0 Å². The van der Waals surface area contributed by atoms with E-state index in [1.54, 1.807) is 13.0 Å². The lowest BCUT2D eigenvalue weighted by molar-refractivity contribution is -0.147. The highest BCUT2D eigenvalue weighted by molar-refractivity contribution is 7.18. The van der Waals surface area contributed by atoms with Crippen molar-refractivity contribution in [3.8, 4) is 10.4 Å². The molecule has 1 aromatic carbocycles. The molecule has 0 aliphatic rings. The van der Waals surface area contributed by atoms with Gasteiger partial charge in [0, 0.05) is 19.0 Å². The number of nitrogens with one attached hydrogen (secondary N) is 1. The Bertz CT molecular complexity index is 1610. The van der Waals surface area contributed by atoms with Gasteiger partial charge in [0.2, 0.25) is 0 Å². The number of rotatable bonds is 8. The number of benzene rings is 1. The second kappa shape index (κ2) is 10.6. The fourth-order valence-corrected chi connectivity index (χ4v) is 4.62. The number of aromatic nitrogens is 4. The van der Waals surface area contributed by atoms with Crippen LogP contribution in [0.4, 0.5) is 5.69 Å². The van der Waals surface area contributed by atoms with E-state index < -0.39 is 42.2 Å². The highest BCUT2D eigenvalue weighted by atomic mass is 32.1. The van der Waals surface area contributed by atoms with E-state index in [4.69, 9.17) is 9.47 Å². The second-order valence-electron chi connectivity index (χ2n) is 7.90. The van der Waals surface area contributed by atoms with E-state index in [1.165, 1.54) is 40.9 Å². The number of carbonyl (C=O) groups excluding carboxylic acids is 3. The molecular formula is C24H23N5O7S. The number of fused-ring (bicyclic) bond motifs is 1. The number of aryl methyl sites for hydroxylation is 1. The van der Waals surface area contributed by atoms with Crippen LogP contribution in [0.3, 0.4) is 0 Å². The summed E-state index contributed by atoms with van der Waals surface area (Å²) in [6.45, 7) is 0.825. The van der Waals surface area contributed by atoms with Crippen LogP contribution in [0.2, 0.25) is 0 Å². The SMILES string of the molecule is CCOC(=O)c1sc(-c2ccccc2)cc1NC(=O)COC(=O)Cn1cnc2c1c(=O)n(C)c(=O)n2C. The molecule has 0 bridgehead atoms. The molecule has 3 aromatic heterocycles. The minimum absolute atomic E-state index is 0.0526. The van der Waals surface area contributed by atoms with E-state index in [-0.39, 0.29) is 28.3 Å². The summed E-state index contributed by atoms with van der Waals surface area (Å²) in [5.74, 6) is -2.04. The van der Waals surface area contributed by atoms with Gasteiger partial charge in [0.05, 0.1) is 18.6 Å². The van der Waals surface area contributed by atoms with Gasteiger partial charge in [-0.15, -0.1) is 11.3 Å². The molecule has 12 nitrogen and oxygen atoms in total. The second-order valence-corrected chi connectivity index (χ2v) is 8.95. The third kappa shape index (κ3) is 5.21. The molecule has 1 amide bonds. The van der Waals surface area contributed by atoms with Gasteiger partial charge in [-0.05, 0) is 18.6 Å². The maximum Gasteiger partial charge on any atom is 0.350 e. The van der Waals surface area contributed by atoms with Gasteiger partial charge in [-0.2, -0.15) is 0 Å². The van der Waals surface area contributed by atoms with Gasteiger partial charge < -0.3 is 19.4 Å². The van der Waals surface area contributed by atoms with Gasteiger partial charge in [-0.3, -0.25) is 23.5 Å². The molecule has 0 fully saturated rings. The molecule has 0 atom stereocenters. The predicted octanol–water partition coefficient (Wildman–Crippen LogP) is 1.52. The molecule has 3 heterocycles. The minimum atomic E-state index is -0.800. The molecule has 0 aliphatic carbocycles. The van der Waals surface area contributed by atoms with Crippen LogP contribution >= 0.6 is 11.3 Å². The van der Waals surface area contributed by atoms with Crippen LogP contribution in [0.1, 0.15) is 16.6 Å². The number of ether oxygens (including phenoxy) is 2. The number of amides is 1. The number of hydrogen-bond donors (Lipinski definition) is 1. The minimum Gasteiger partial charge on any atom is -0.462 e. The van der Waals surface area contributed by atoms with Crippen molar-refractivity contribution in [2.45, 2.75) is 13.5 Å². The Hall–Kier alpha value is -4.52. The Morgan fingerprint density at radius 1 is 1.05 bits per heavy atom.